The molecular formula is C16H27NO2. The van der Waals surface area contributed by atoms with Crippen LogP contribution in [0.3, 0.4) is 0 Å². The van der Waals surface area contributed by atoms with E-state index in [1.54, 1.807) is 13.0 Å². The van der Waals surface area contributed by atoms with Gasteiger partial charge in [0.05, 0.1) is 4.92 Å². The van der Waals surface area contributed by atoms with Gasteiger partial charge in [0.25, 0.3) is 0 Å². The second-order valence-corrected chi connectivity index (χ2v) is 5.26. The van der Waals surface area contributed by atoms with Crippen molar-refractivity contribution in [1.29, 1.82) is 0 Å². The maximum absolute atomic E-state index is 10.4. The van der Waals surface area contributed by atoms with Crippen molar-refractivity contribution in [1.82, 2.24) is 0 Å². The summed E-state index contributed by atoms with van der Waals surface area (Å²) in [6, 6.07) is 0. The lowest BCUT2D eigenvalue weighted by Crippen LogP contribution is -1.92. The average Bonchev–Trinajstić information content (AvgIpc) is 2.32. The molecule has 0 saturated heterocycles. The first kappa shape index (κ1) is 17.6. The third kappa shape index (κ3) is 11.4. The number of allylic oxidation sites excluding steroid dienone is 6. The van der Waals surface area contributed by atoms with Crippen molar-refractivity contribution in [2.24, 2.45) is 0 Å². The fraction of sp³-hybridized carbons (Fsp3) is 0.625. The molecule has 0 atom stereocenters. The molecule has 0 aliphatic rings. The summed E-state index contributed by atoms with van der Waals surface area (Å²) >= 11 is 0. The standard InChI is InChI=1S/C16H27NO2/c1-14(2)10-9-12-15(3)11-7-5-6-8-13-16(4)17(18)19/h10-11,13H,5-9,12H2,1-4H3/b15-11+,16-13+. The molecule has 0 aromatic carbocycles. The van der Waals surface area contributed by atoms with Gasteiger partial charge in [-0.3, -0.25) is 10.1 Å². The van der Waals surface area contributed by atoms with Gasteiger partial charge in [0.1, 0.15) is 0 Å². The van der Waals surface area contributed by atoms with Crippen molar-refractivity contribution in [3.8, 4) is 0 Å². The van der Waals surface area contributed by atoms with Gasteiger partial charge in [0, 0.05) is 6.92 Å². The Morgan fingerprint density at radius 1 is 0.947 bits per heavy atom. The number of unbranched alkanes of at least 4 members (excludes halogenated alkanes) is 3. The second-order valence-electron chi connectivity index (χ2n) is 5.26. The molecule has 19 heavy (non-hydrogen) atoms. The van der Waals surface area contributed by atoms with Crippen LogP contribution in [0.15, 0.2) is 35.1 Å². The highest BCUT2D eigenvalue weighted by Gasteiger charge is 1.99. The Hall–Kier alpha value is -1.38. The number of rotatable bonds is 9. The normalized spacial score (nSPS) is 12.4. The SMILES string of the molecule is CC(C)=CCC/C(C)=C/CCCC/C=C(\C)[N+](=O)[O-]. The van der Waals surface area contributed by atoms with Crippen molar-refractivity contribution in [2.45, 2.75) is 66.2 Å². The third-order valence-corrected chi connectivity index (χ3v) is 2.97. The summed E-state index contributed by atoms with van der Waals surface area (Å²) in [5, 5.41) is 10.4. The summed E-state index contributed by atoms with van der Waals surface area (Å²) in [7, 11) is 0. The van der Waals surface area contributed by atoms with Gasteiger partial charge in [-0.05, 0) is 65.4 Å². The highest BCUT2D eigenvalue weighted by Crippen LogP contribution is 2.10. The summed E-state index contributed by atoms with van der Waals surface area (Å²) in [6.45, 7) is 7.97. The van der Waals surface area contributed by atoms with Gasteiger partial charge in [-0.2, -0.15) is 0 Å². The van der Waals surface area contributed by atoms with E-state index in [-0.39, 0.29) is 10.6 Å². The van der Waals surface area contributed by atoms with Crippen LogP contribution in [-0.4, -0.2) is 4.92 Å². The molecule has 0 fully saturated rings. The topological polar surface area (TPSA) is 43.1 Å². The Morgan fingerprint density at radius 3 is 2.05 bits per heavy atom. The van der Waals surface area contributed by atoms with Gasteiger partial charge in [0.2, 0.25) is 5.70 Å². The number of nitrogens with zero attached hydrogens (tertiary/aromatic N) is 1. The maximum Gasteiger partial charge on any atom is 0.239 e. The number of hydrogen-bond acceptors (Lipinski definition) is 2. The lowest BCUT2D eigenvalue weighted by atomic mass is 10.1. The van der Waals surface area contributed by atoms with E-state index in [0.29, 0.717) is 0 Å². The van der Waals surface area contributed by atoms with Crippen LogP contribution < -0.4 is 0 Å². The van der Waals surface area contributed by atoms with Crippen molar-refractivity contribution < 1.29 is 4.92 Å². The number of nitro groups is 1. The highest BCUT2D eigenvalue weighted by molar-refractivity contribution is 5.02. The monoisotopic (exact) mass is 265 g/mol. The van der Waals surface area contributed by atoms with Crippen molar-refractivity contribution in [2.75, 3.05) is 0 Å². The Morgan fingerprint density at radius 2 is 1.53 bits per heavy atom. The van der Waals surface area contributed by atoms with E-state index < -0.39 is 0 Å². The Labute approximate surface area is 117 Å². The van der Waals surface area contributed by atoms with Crippen LogP contribution >= 0.6 is 0 Å². The molecule has 0 spiro atoms. The molecule has 108 valence electrons. The van der Waals surface area contributed by atoms with Crippen LogP contribution in [0.25, 0.3) is 0 Å². The smallest absolute Gasteiger partial charge is 0.239 e. The van der Waals surface area contributed by atoms with Crippen molar-refractivity contribution in [3.63, 3.8) is 0 Å². The quantitative estimate of drug-likeness (QED) is 0.242. The fourth-order valence-corrected chi connectivity index (χ4v) is 1.71. The molecule has 0 aliphatic heterocycles. The molecule has 0 N–H and O–H groups in total. The van der Waals surface area contributed by atoms with E-state index in [4.69, 9.17) is 0 Å². The summed E-state index contributed by atoms with van der Waals surface area (Å²) in [5.74, 6) is 0. The first-order chi connectivity index (χ1) is 8.93. The summed E-state index contributed by atoms with van der Waals surface area (Å²) in [5.41, 5.74) is 3.07. The molecule has 0 heterocycles. The fourth-order valence-electron chi connectivity index (χ4n) is 1.71. The van der Waals surface area contributed by atoms with Crippen LogP contribution in [-0.2, 0) is 0 Å². The molecule has 3 nitrogen and oxygen atoms in total. The molecule has 0 rings (SSSR count). The lowest BCUT2D eigenvalue weighted by molar-refractivity contribution is -0.424. The molecule has 0 radical (unpaired) electrons. The van der Waals surface area contributed by atoms with E-state index in [2.05, 4.69) is 32.9 Å². The molecular weight excluding hydrogens is 238 g/mol. The molecule has 0 unspecified atom stereocenters. The van der Waals surface area contributed by atoms with Crippen LogP contribution in [0, 0.1) is 10.1 Å². The van der Waals surface area contributed by atoms with Crippen LogP contribution in [0.4, 0.5) is 0 Å². The molecule has 0 aromatic rings. The molecule has 3 heteroatoms. The zero-order valence-corrected chi connectivity index (χ0v) is 12.7. The maximum atomic E-state index is 10.4. The summed E-state index contributed by atoms with van der Waals surface area (Å²) in [4.78, 5) is 10.1. The second kappa shape index (κ2) is 10.5. The van der Waals surface area contributed by atoms with Gasteiger partial charge in [0.15, 0.2) is 0 Å². The molecule has 0 aromatic heterocycles. The van der Waals surface area contributed by atoms with E-state index >= 15 is 0 Å². The lowest BCUT2D eigenvalue weighted by Gasteiger charge is -1.99. The number of hydrogen-bond donors (Lipinski definition) is 0. The Balaban J connectivity index is 3.70. The first-order valence-corrected chi connectivity index (χ1v) is 7.03. The zero-order chi connectivity index (χ0) is 14.7. The molecule has 0 bridgehead atoms. The van der Waals surface area contributed by atoms with Gasteiger partial charge in [-0.15, -0.1) is 0 Å². The summed E-state index contributed by atoms with van der Waals surface area (Å²) < 4.78 is 0. The summed E-state index contributed by atoms with van der Waals surface area (Å²) in [6.07, 6.45) is 12.5. The molecule has 0 aliphatic carbocycles. The van der Waals surface area contributed by atoms with Crippen LogP contribution in [0.2, 0.25) is 0 Å². The van der Waals surface area contributed by atoms with Crippen LogP contribution in [0.5, 0.6) is 0 Å². The Bertz CT molecular complexity index is 361. The first-order valence-electron chi connectivity index (χ1n) is 7.03. The largest absolute Gasteiger partial charge is 0.259 e. The van der Waals surface area contributed by atoms with Gasteiger partial charge in [-0.1, -0.05) is 23.3 Å². The molecule has 0 saturated carbocycles. The highest BCUT2D eigenvalue weighted by atomic mass is 16.6. The minimum atomic E-state index is -0.326. The minimum Gasteiger partial charge on any atom is -0.259 e. The zero-order valence-electron chi connectivity index (χ0n) is 12.7. The van der Waals surface area contributed by atoms with Gasteiger partial charge in [-0.25, -0.2) is 0 Å². The van der Waals surface area contributed by atoms with E-state index in [9.17, 15) is 10.1 Å². The predicted molar refractivity (Wildman–Crippen MR) is 81.6 cm³/mol. The van der Waals surface area contributed by atoms with Crippen molar-refractivity contribution >= 4 is 0 Å². The van der Waals surface area contributed by atoms with Crippen molar-refractivity contribution in [3.05, 3.63) is 45.2 Å². The van der Waals surface area contributed by atoms with Gasteiger partial charge < -0.3 is 0 Å². The van der Waals surface area contributed by atoms with E-state index in [1.165, 1.54) is 11.1 Å². The van der Waals surface area contributed by atoms with E-state index in [0.717, 1.165) is 38.5 Å². The predicted octanol–water partition coefficient (Wildman–Crippen LogP) is 5.42. The minimum absolute atomic E-state index is 0.258. The van der Waals surface area contributed by atoms with E-state index in [1.807, 2.05) is 0 Å². The van der Waals surface area contributed by atoms with Crippen LogP contribution in [0.1, 0.15) is 66.2 Å². The Kier molecular flexibility index (Phi) is 9.77. The molecule has 0 amide bonds. The van der Waals surface area contributed by atoms with Gasteiger partial charge >= 0.3 is 0 Å². The average molecular weight is 265 g/mol. The third-order valence-electron chi connectivity index (χ3n) is 2.97.